The normalized spacial score (nSPS) is 10.5. The van der Waals surface area contributed by atoms with Gasteiger partial charge in [-0.1, -0.05) is 18.2 Å². The molecule has 0 aliphatic rings. The quantitative estimate of drug-likeness (QED) is 0.824. The molecule has 0 bridgehead atoms. The summed E-state index contributed by atoms with van der Waals surface area (Å²) >= 11 is 0. The van der Waals surface area contributed by atoms with E-state index >= 15 is 0 Å². The van der Waals surface area contributed by atoms with E-state index in [4.69, 9.17) is 9.84 Å². The molecule has 0 radical (unpaired) electrons. The van der Waals surface area contributed by atoms with Crippen LogP contribution >= 0.6 is 0 Å². The Morgan fingerprint density at radius 3 is 2.59 bits per heavy atom. The fraction of sp³-hybridized carbons (Fsp3) is 0.214. The van der Waals surface area contributed by atoms with E-state index in [0.29, 0.717) is 12.2 Å². The summed E-state index contributed by atoms with van der Waals surface area (Å²) in [6, 6.07) is 11.0. The largest absolute Gasteiger partial charge is 0.462 e. The number of esters is 1. The average molecular weight is 230 g/mol. The third-order valence-electron chi connectivity index (χ3n) is 2.60. The molecule has 17 heavy (non-hydrogen) atoms. The van der Waals surface area contributed by atoms with E-state index in [0.717, 1.165) is 16.3 Å². The van der Waals surface area contributed by atoms with Gasteiger partial charge in [0.1, 0.15) is 0 Å². The Morgan fingerprint density at radius 1 is 1.18 bits per heavy atom. The lowest BCUT2D eigenvalue weighted by atomic mass is 10.0. The number of benzene rings is 2. The van der Waals surface area contributed by atoms with Gasteiger partial charge in [-0.05, 0) is 41.5 Å². The number of aliphatic hydroxyl groups is 1. The Balaban J connectivity index is 2.41. The molecule has 3 heteroatoms. The molecule has 0 spiro atoms. The number of carbonyl (C=O) groups is 1. The number of hydrogen-bond acceptors (Lipinski definition) is 3. The van der Waals surface area contributed by atoms with Crippen molar-refractivity contribution < 1.29 is 14.6 Å². The molecule has 0 heterocycles. The van der Waals surface area contributed by atoms with Gasteiger partial charge in [0.05, 0.1) is 18.8 Å². The standard InChI is InChI=1S/C14H14O3/c1-2-17-14(16)13-6-5-11-7-10(9-15)3-4-12(11)8-13/h3-8,15H,2,9H2,1H3. The van der Waals surface area contributed by atoms with Gasteiger partial charge >= 0.3 is 5.97 Å². The second kappa shape index (κ2) is 4.97. The molecule has 0 unspecified atom stereocenters. The lowest BCUT2D eigenvalue weighted by molar-refractivity contribution is 0.0526. The van der Waals surface area contributed by atoms with E-state index in [-0.39, 0.29) is 12.6 Å². The first-order valence-electron chi connectivity index (χ1n) is 5.55. The van der Waals surface area contributed by atoms with Crippen molar-refractivity contribution in [2.45, 2.75) is 13.5 Å². The third kappa shape index (κ3) is 2.45. The van der Waals surface area contributed by atoms with Crippen molar-refractivity contribution in [3.63, 3.8) is 0 Å². The van der Waals surface area contributed by atoms with E-state index in [2.05, 4.69) is 0 Å². The van der Waals surface area contributed by atoms with Gasteiger partial charge in [-0.2, -0.15) is 0 Å². The molecule has 1 N–H and O–H groups in total. The van der Waals surface area contributed by atoms with E-state index in [1.165, 1.54) is 0 Å². The predicted octanol–water partition coefficient (Wildman–Crippen LogP) is 2.51. The van der Waals surface area contributed by atoms with Crippen molar-refractivity contribution in [1.29, 1.82) is 0 Å². The van der Waals surface area contributed by atoms with Gasteiger partial charge in [-0.3, -0.25) is 0 Å². The van der Waals surface area contributed by atoms with Gasteiger partial charge in [0, 0.05) is 0 Å². The number of rotatable bonds is 3. The minimum absolute atomic E-state index is 0.0234. The van der Waals surface area contributed by atoms with Crippen molar-refractivity contribution in [3.8, 4) is 0 Å². The molecular weight excluding hydrogens is 216 g/mol. The number of fused-ring (bicyclic) bond motifs is 1. The molecular formula is C14H14O3. The van der Waals surface area contributed by atoms with Crippen molar-refractivity contribution in [3.05, 3.63) is 47.5 Å². The molecule has 0 saturated carbocycles. The Labute approximate surface area is 99.6 Å². The molecule has 3 nitrogen and oxygen atoms in total. The van der Waals surface area contributed by atoms with Crippen LogP contribution in [0.5, 0.6) is 0 Å². The summed E-state index contributed by atoms with van der Waals surface area (Å²) in [7, 11) is 0. The lowest BCUT2D eigenvalue weighted by Gasteiger charge is -2.04. The molecule has 2 aromatic rings. The zero-order valence-electron chi connectivity index (χ0n) is 9.64. The number of ether oxygens (including phenoxy) is 1. The summed E-state index contributed by atoms with van der Waals surface area (Å²) in [5.41, 5.74) is 1.41. The molecule has 0 aromatic heterocycles. The second-order valence-electron chi connectivity index (χ2n) is 3.77. The molecule has 0 atom stereocenters. The van der Waals surface area contributed by atoms with Crippen LogP contribution in [0.3, 0.4) is 0 Å². The zero-order chi connectivity index (χ0) is 12.3. The van der Waals surface area contributed by atoms with Crippen molar-refractivity contribution in [1.82, 2.24) is 0 Å². The highest BCUT2D eigenvalue weighted by molar-refractivity contribution is 5.95. The highest BCUT2D eigenvalue weighted by Gasteiger charge is 2.06. The minimum atomic E-state index is -0.305. The maximum atomic E-state index is 11.5. The van der Waals surface area contributed by atoms with Crippen molar-refractivity contribution >= 4 is 16.7 Å². The molecule has 0 amide bonds. The first-order chi connectivity index (χ1) is 8.24. The Hall–Kier alpha value is -1.87. The van der Waals surface area contributed by atoms with Gasteiger partial charge < -0.3 is 9.84 Å². The lowest BCUT2D eigenvalue weighted by Crippen LogP contribution is -2.04. The number of aliphatic hydroxyl groups excluding tert-OH is 1. The van der Waals surface area contributed by atoms with E-state index in [9.17, 15) is 4.79 Å². The SMILES string of the molecule is CCOC(=O)c1ccc2cc(CO)ccc2c1. The van der Waals surface area contributed by atoms with Crippen molar-refractivity contribution in [2.24, 2.45) is 0 Å². The molecule has 0 aliphatic heterocycles. The smallest absolute Gasteiger partial charge is 0.338 e. The van der Waals surface area contributed by atoms with Gasteiger partial charge in [0.15, 0.2) is 0 Å². The summed E-state index contributed by atoms with van der Waals surface area (Å²) in [5.74, 6) is -0.305. The highest BCUT2D eigenvalue weighted by Crippen LogP contribution is 2.18. The molecule has 2 rings (SSSR count). The molecule has 88 valence electrons. The summed E-state index contributed by atoms with van der Waals surface area (Å²) in [6.07, 6.45) is 0. The number of hydrogen-bond donors (Lipinski definition) is 1. The molecule has 0 saturated heterocycles. The van der Waals surface area contributed by atoms with Crippen LogP contribution in [0.2, 0.25) is 0 Å². The first-order valence-corrected chi connectivity index (χ1v) is 5.55. The minimum Gasteiger partial charge on any atom is -0.462 e. The molecule has 2 aromatic carbocycles. The van der Waals surface area contributed by atoms with Crippen LogP contribution in [0.4, 0.5) is 0 Å². The third-order valence-corrected chi connectivity index (χ3v) is 2.60. The number of carbonyl (C=O) groups excluding carboxylic acids is 1. The topological polar surface area (TPSA) is 46.5 Å². The first kappa shape index (κ1) is 11.6. The molecule has 0 fully saturated rings. The van der Waals surface area contributed by atoms with E-state index < -0.39 is 0 Å². The van der Waals surface area contributed by atoms with Gasteiger partial charge in [-0.25, -0.2) is 4.79 Å². The van der Waals surface area contributed by atoms with Gasteiger partial charge in [0.2, 0.25) is 0 Å². The van der Waals surface area contributed by atoms with Crippen LogP contribution in [-0.2, 0) is 11.3 Å². The second-order valence-corrected chi connectivity index (χ2v) is 3.77. The summed E-state index contributed by atoms with van der Waals surface area (Å²) in [6.45, 7) is 2.18. The summed E-state index contributed by atoms with van der Waals surface area (Å²) in [5, 5.41) is 11.0. The fourth-order valence-corrected chi connectivity index (χ4v) is 1.73. The van der Waals surface area contributed by atoms with Gasteiger partial charge in [0.25, 0.3) is 0 Å². The monoisotopic (exact) mass is 230 g/mol. The van der Waals surface area contributed by atoms with Crippen LogP contribution in [0.15, 0.2) is 36.4 Å². The van der Waals surface area contributed by atoms with E-state index in [1.54, 1.807) is 19.1 Å². The predicted molar refractivity (Wildman–Crippen MR) is 65.8 cm³/mol. The van der Waals surface area contributed by atoms with E-state index in [1.807, 2.05) is 24.3 Å². The summed E-state index contributed by atoms with van der Waals surface area (Å²) < 4.78 is 4.94. The Bertz CT molecular complexity index is 546. The maximum absolute atomic E-state index is 11.5. The Kier molecular flexibility index (Phi) is 3.40. The average Bonchev–Trinajstić information content (AvgIpc) is 2.37. The van der Waals surface area contributed by atoms with Crippen molar-refractivity contribution in [2.75, 3.05) is 6.61 Å². The van der Waals surface area contributed by atoms with Gasteiger partial charge in [-0.15, -0.1) is 0 Å². The highest BCUT2D eigenvalue weighted by atomic mass is 16.5. The van der Waals surface area contributed by atoms with Crippen LogP contribution in [0.25, 0.3) is 10.8 Å². The summed E-state index contributed by atoms with van der Waals surface area (Å²) in [4.78, 5) is 11.5. The fourth-order valence-electron chi connectivity index (χ4n) is 1.73. The van der Waals surface area contributed by atoms with Crippen LogP contribution in [-0.4, -0.2) is 17.7 Å². The Morgan fingerprint density at radius 2 is 1.88 bits per heavy atom. The molecule has 0 aliphatic carbocycles. The maximum Gasteiger partial charge on any atom is 0.338 e. The van der Waals surface area contributed by atoms with Crippen LogP contribution in [0, 0.1) is 0 Å². The van der Waals surface area contributed by atoms with Crippen LogP contribution < -0.4 is 0 Å². The zero-order valence-corrected chi connectivity index (χ0v) is 9.64. The van der Waals surface area contributed by atoms with Crippen LogP contribution in [0.1, 0.15) is 22.8 Å².